The van der Waals surface area contributed by atoms with E-state index in [-0.39, 0.29) is 11.4 Å². The van der Waals surface area contributed by atoms with Crippen molar-refractivity contribution in [3.05, 3.63) is 81.0 Å². The van der Waals surface area contributed by atoms with Crippen LogP contribution in [0.3, 0.4) is 0 Å². The van der Waals surface area contributed by atoms with Crippen LogP contribution in [0.4, 0.5) is 11.5 Å². The Morgan fingerprint density at radius 3 is 2.17 bits per heavy atom. The molecule has 150 valence electrons. The Balaban J connectivity index is 1.77. The van der Waals surface area contributed by atoms with Crippen LogP contribution in [0.1, 0.15) is 17.3 Å². The summed E-state index contributed by atoms with van der Waals surface area (Å²) in [5.74, 6) is 0.723. The van der Waals surface area contributed by atoms with Crippen molar-refractivity contribution in [1.29, 1.82) is 0 Å². The normalized spacial score (nSPS) is 11.7. The molecule has 3 rings (SSSR count). The third-order valence-electron chi connectivity index (χ3n) is 4.57. The van der Waals surface area contributed by atoms with Gasteiger partial charge in [-0.05, 0) is 43.3 Å². The third kappa shape index (κ3) is 4.06. The first-order valence-electron chi connectivity index (χ1n) is 8.98. The molecule has 0 aliphatic rings. The van der Waals surface area contributed by atoms with Gasteiger partial charge in [0.15, 0.2) is 5.78 Å². The molecule has 1 atom stereocenters. The number of carbonyl (C=O) groups excluding carboxylic acids is 1. The maximum atomic E-state index is 12.8. The second kappa shape index (κ2) is 8.05. The molecule has 2 aromatic carbocycles. The van der Waals surface area contributed by atoms with Gasteiger partial charge in [0.05, 0.1) is 6.04 Å². The number of hydrogen-bond donors (Lipinski definition) is 2. The van der Waals surface area contributed by atoms with Gasteiger partial charge in [-0.1, -0.05) is 18.2 Å². The number of Topliss-reactive ketones (excluding diaryl/α,β-unsaturated/α-hetero) is 1. The van der Waals surface area contributed by atoms with Gasteiger partial charge >= 0.3 is 5.69 Å². The van der Waals surface area contributed by atoms with E-state index in [9.17, 15) is 14.4 Å². The van der Waals surface area contributed by atoms with Gasteiger partial charge in [-0.3, -0.25) is 18.7 Å². The highest BCUT2D eigenvalue weighted by atomic mass is 16.5. The van der Waals surface area contributed by atoms with Crippen molar-refractivity contribution in [2.75, 3.05) is 11.1 Å². The molecule has 0 bridgehead atoms. The Morgan fingerprint density at radius 1 is 0.966 bits per heavy atom. The maximum absolute atomic E-state index is 12.8. The van der Waals surface area contributed by atoms with Gasteiger partial charge in [0.25, 0.3) is 5.56 Å². The third-order valence-corrected chi connectivity index (χ3v) is 4.57. The number of aromatic nitrogens is 2. The molecule has 29 heavy (non-hydrogen) atoms. The molecule has 0 spiro atoms. The molecule has 0 aliphatic heterocycles. The zero-order chi connectivity index (χ0) is 21.1. The van der Waals surface area contributed by atoms with Crippen LogP contribution < -0.4 is 27.0 Å². The molecule has 1 heterocycles. The highest BCUT2D eigenvalue weighted by Gasteiger charge is 2.24. The van der Waals surface area contributed by atoms with Gasteiger partial charge in [-0.15, -0.1) is 0 Å². The predicted molar refractivity (Wildman–Crippen MR) is 112 cm³/mol. The van der Waals surface area contributed by atoms with E-state index in [1.54, 1.807) is 31.2 Å². The lowest BCUT2D eigenvalue weighted by atomic mass is 10.1. The van der Waals surface area contributed by atoms with E-state index in [0.29, 0.717) is 11.4 Å². The van der Waals surface area contributed by atoms with Crippen molar-refractivity contribution in [2.24, 2.45) is 14.1 Å². The molecular formula is C21H22N4O4. The zero-order valence-corrected chi connectivity index (χ0v) is 16.4. The van der Waals surface area contributed by atoms with E-state index < -0.39 is 23.1 Å². The number of para-hydroxylation sites is 1. The topological polar surface area (TPSA) is 108 Å². The highest BCUT2D eigenvalue weighted by molar-refractivity contribution is 6.04. The smallest absolute Gasteiger partial charge is 0.332 e. The molecule has 1 aromatic heterocycles. The first kappa shape index (κ1) is 19.9. The first-order valence-corrected chi connectivity index (χ1v) is 8.98. The van der Waals surface area contributed by atoms with Crippen LogP contribution in [0.2, 0.25) is 0 Å². The largest absolute Gasteiger partial charge is 0.457 e. The zero-order valence-electron chi connectivity index (χ0n) is 16.4. The van der Waals surface area contributed by atoms with E-state index in [0.717, 1.165) is 14.9 Å². The fourth-order valence-corrected chi connectivity index (χ4v) is 2.87. The Bertz CT molecular complexity index is 1150. The number of nitrogen functional groups attached to an aromatic ring is 1. The molecular weight excluding hydrogens is 372 g/mol. The second-order valence-electron chi connectivity index (χ2n) is 6.64. The molecule has 0 amide bonds. The summed E-state index contributed by atoms with van der Waals surface area (Å²) in [5, 5.41) is 3.04. The molecule has 0 aliphatic carbocycles. The van der Waals surface area contributed by atoms with Crippen molar-refractivity contribution in [2.45, 2.75) is 13.0 Å². The lowest BCUT2D eigenvalue weighted by Gasteiger charge is -2.17. The van der Waals surface area contributed by atoms with E-state index in [2.05, 4.69) is 5.32 Å². The summed E-state index contributed by atoms with van der Waals surface area (Å²) in [4.78, 5) is 37.1. The molecule has 0 saturated heterocycles. The number of ketones is 1. The average Bonchev–Trinajstić information content (AvgIpc) is 2.73. The van der Waals surface area contributed by atoms with Crippen LogP contribution >= 0.6 is 0 Å². The minimum atomic E-state index is -0.733. The number of anilines is 2. The van der Waals surface area contributed by atoms with Crippen molar-refractivity contribution in [3.8, 4) is 11.5 Å². The Kier molecular flexibility index (Phi) is 5.54. The van der Waals surface area contributed by atoms with Crippen LogP contribution in [0, 0.1) is 0 Å². The second-order valence-corrected chi connectivity index (χ2v) is 6.64. The quantitative estimate of drug-likeness (QED) is 0.620. The number of hydrogen-bond acceptors (Lipinski definition) is 6. The first-order chi connectivity index (χ1) is 13.8. The summed E-state index contributed by atoms with van der Waals surface area (Å²) in [6.07, 6.45) is 0. The predicted octanol–water partition coefficient (Wildman–Crippen LogP) is 2.14. The van der Waals surface area contributed by atoms with Crippen LogP contribution in [0.15, 0.2) is 64.2 Å². The van der Waals surface area contributed by atoms with E-state index >= 15 is 0 Å². The van der Waals surface area contributed by atoms with Gasteiger partial charge in [-0.25, -0.2) is 4.79 Å². The Morgan fingerprint density at radius 2 is 1.55 bits per heavy atom. The summed E-state index contributed by atoms with van der Waals surface area (Å²) in [7, 11) is 2.72. The van der Waals surface area contributed by atoms with Gasteiger partial charge < -0.3 is 15.8 Å². The van der Waals surface area contributed by atoms with Crippen molar-refractivity contribution in [3.63, 3.8) is 0 Å². The molecule has 8 nitrogen and oxygen atoms in total. The molecule has 0 fully saturated rings. The summed E-state index contributed by atoms with van der Waals surface area (Å²) < 4.78 is 7.68. The van der Waals surface area contributed by atoms with E-state index in [1.165, 1.54) is 14.1 Å². The summed E-state index contributed by atoms with van der Waals surface area (Å²) >= 11 is 0. The SMILES string of the molecule is CC(Nc1ccc(Oc2ccccc2)cc1)C(=O)c1c(N)n(C)c(=O)n(C)c1=O. The Labute approximate surface area is 167 Å². The number of rotatable bonds is 6. The van der Waals surface area contributed by atoms with Crippen molar-refractivity contribution >= 4 is 17.3 Å². The number of nitrogens with zero attached hydrogens (tertiary/aromatic N) is 2. The van der Waals surface area contributed by atoms with Crippen LogP contribution in [-0.2, 0) is 14.1 Å². The standard InChI is InChI=1S/C21H22N4O4/c1-13(18(26)17-19(22)24(2)21(28)25(3)20(17)27)23-14-9-11-16(12-10-14)29-15-7-5-4-6-8-15/h4-13,23H,22H2,1-3H3. The van der Waals surface area contributed by atoms with Gasteiger partial charge in [-0.2, -0.15) is 0 Å². The van der Waals surface area contributed by atoms with Crippen LogP contribution in [0.5, 0.6) is 11.5 Å². The molecule has 0 radical (unpaired) electrons. The lowest BCUT2D eigenvalue weighted by Crippen LogP contribution is -2.43. The molecule has 3 aromatic rings. The fourth-order valence-electron chi connectivity index (χ4n) is 2.87. The monoisotopic (exact) mass is 394 g/mol. The van der Waals surface area contributed by atoms with Crippen molar-refractivity contribution in [1.82, 2.24) is 9.13 Å². The molecule has 3 N–H and O–H groups in total. The van der Waals surface area contributed by atoms with Gasteiger partial charge in [0, 0.05) is 19.8 Å². The summed E-state index contributed by atoms with van der Waals surface area (Å²) in [6.45, 7) is 1.63. The van der Waals surface area contributed by atoms with Crippen LogP contribution in [0.25, 0.3) is 0 Å². The molecule has 8 heteroatoms. The number of nitrogens with one attached hydrogen (secondary N) is 1. The summed E-state index contributed by atoms with van der Waals surface area (Å²) in [6, 6.07) is 15.7. The van der Waals surface area contributed by atoms with Gasteiger partial charge in [0.1, 0.15) is 22.9 Å². The maximum Gasteiger partial charge on any atom is 0.332 e. The van der Waals surface area contributed by atoms with Gasteiger partial charge in [0.2, 0.25) is 0 Å². The van der Waals surface area contributed by atoms with Crippen molar-refractivity contribution < 1.29 is 9.53 Å². The molecule has 0 saturated carbocycles. The Hall–Kier alpha value is -3.81. The van der Waals surface area contributed by atoms with Crippen LogP contribution in [-0.4, -0.2) is 21.0 Å². The van der Waals surface area contributed by atoms with E-state index in [4.69, 9.17) is 10.5 Å². The average molecular weight is 394 g/mol. The number of ether oxygens (including phenoxy) is 1. The minimum absolute atomic E-state index is 0.150. The number of benzene rings is 2. The minimum Gasteiger partial charge on any atom is -0.457 e. The fraction of sp³-hybridized carbons (Fsp3) is 0.190. The van der Waals surface area contributed by atoms with E-state index in [1.807, 2.05) is 30.3 Å². The number of nitrogens with two attached hydrogens (primary N) is 1. The summed E-state index contributed by atoms with van der Waals surface area (Å²) in [5.41, 5.74) is 5.03. The lowest BCUT2D eigenvalue weighted by molar-refractivity contribution is 0.0973. The molecule has 1 unspecified atom stereocenters. The highest BCUT2D eigenvalue weighted by Crippen LogP contribution is 2.23. The number of carbonyl (C=O) groups is 1.